The van der Waals surface area contributed by atoms with Crippen LogP contribution in [0.2, 0.25) is 0 Å². The minimum atomic E-state index is -0.388. The first-order valence-electron chi connectivity index (χ1n) is 10.3. The molecule has 3 aromatic rings. The van der Waals surface area contributed by atoms with Crippen LogP contribution < -0.4 is 15.2 Å². The number of benzene rings is 2. The van der Waals surface area contributed by atoms with Gasteiger partial charge in [0.05, 0.1) is 18.5 Å². The Balaban J connectivity index is 1.54. The first-order valence-corrected chi connectivity index (χ1v) is 10.3. The molecule has 2 heterocycles. The molecule has 30 heavy (non-hydrogen) atoms. The predicted octanol–water partition coefficient (Wildman–Crippen LogP) is 3.64. The van der Waals surface area contributed by atoms with E-state index in [0.717, 1.165) is 19.6 Å². The zero-order valence-corrected chi connectivity index (χ0v) is 17.1. The van der Waals surface area contributed by atoms with E-state index >= 15 is 0 Å². The molecule has 0 saturated carbocycles. The summed E-state index contributed by atoms with van der Waals surface area (Å²) in [5.74, 6) is 0.827. The van der Waals surface area contributed by atoms with Crippen molar-refractivity contribution in [3.8, 4) is 22.9 Å². The fourth-order valence-corrected chi connectivity index (χ4v) is 3.79. The van der Waals surface area contributed by atoms with Crippen LogP contribution in [-0.2, 0) is 0 Å². The van der Waals surface area contributed by atoms with Gasteiger partial charge in [-0.3, -0.25) is 14.0 Å². The summed E-state index contributed by atoms with van der Waals surface area (Å²) < 4.78 is 27.9. The summed E-state index contributed by atoms with van der Waals surface area (Å²) in [5, 5.41) is 0. The van der Waals surface area contributed by atoms with E-state index in [0.29, 0.717) is 29.5 Å². The number of rotatable bonds is 7. The van der Waals surface area contributed by atoms with Gasteiger partial charge in [-0.2, -0.15) is 0 Å². The average molecular weight is 411 g/mol. The van der Waals surface area contributed by atoms with E-state index < -0.39 is 0 Å². The molecule has 0 bridgehead atoms. The number of likely N-dealkylation sites (tertiary alicyclic amines) is 1. The van der Waals surface area contributed by atoms with Gasteiger partial charge in [0.2, 0.25) is 0 Å². The second kappa shape index (κ2) is 9.17. The van der Waals surface area contributed by atoms with Gasteiger partial charge >= 0.3 is 5.69 Å². The summed E-state index contributed by atoms with van der Waals surface area (Å²) in [7, 11) is 1.60. The van der Waals surface area contributed by atoms with Crippen molar-refractivity contribution in [2.75, 3.05) is 33.4 Å². The smallest absolute Gasteiger partial charge is 0.337 e. The van der Waals surface area contributed by atoms with Gasteiger partial charge in [-0.05, 0) is 56.3 Å². The molecule has 4 rings (SSSR count). The Hall–Kier alpha value is -3.06. The van der Waals surface area contributed by atoms with Crippen LogP contribution in [0.4, 0.5) is 4.39 Å². The van der Waals surface area contributed by atoms with Crippen molar-refractivity contribution < 1.29 is 13.9 Å². The summed E-state index contributed by atoms with van der Waals surface area (Å²) in [6.45, 7) is 3.65. The van der Waals surface area contributed by atoms with Crippen LogP contribution in [0.25, 0.3) is 11.4 Å². The largest absolute Gasteiger partial charge is 0.493 e. The van der Waals surface area contributed by atoms with Gasteiger partial charge in [-0.15, -0.1) is 0 Å². The zero-order chi connectivity index (χ0) is 20.9. The Bertz CT molecular complexity index is 1050. The highest BCUT2D eigenvalue weighted by atomic mass is 19.1. The quantitative estimate of drug-likeness (QED) is 0.596. The van der Waals surface area contributed by atoms with Gasteiger partial charge in [0.1, 0.15) is 12.4 Å². The summed E-state index contributed by atoms with van der Waals surface area (Å²) >= 11 is 0. The molecule has 7 heteroatoms. The summed E-state index contributed by atoms with van der Waals surface area (Å²) in [6, 6.07) is 11.3. The monoisotopic (exact) mass is 411 g/mol. The van der Waals surface area contributed by atoms with Crippen molar-refractivity contribution in [2.24, 2.45) is 0 Å². The van der Waals surface area contributed by atoms with Gasteiger partial charge in [-0.25, -0.2) is 9.18 Å². The van der Waals surface area contributed by atoms with Crippen LogP contribution in [0.3, 0.4) is 0 Å². The third kappa shape index (κ3) is 4.41. The molecule has 0 spiro atoms. The van der Waals surface area contributed by atoms with E-state index in [2.05, 4.69) is 4.90 Å². The van der Waals surface area contributed by atoms with E-state index in [9.17, 15) is 9.18 Å². The Morgan fingerprint density at radius 2 is 1.67 bits per heavy atom. The molecule has 2 aromatic carbocycles. The lowest BCUT2D eigenvalue weighted by atomic mass is 10.1. The maximum atomic E-state index is 13.5. The summed E-state index contributed by atoms with van der Waals surface area (Å²) in [4.78, 5) is 15.3. The second-order valence-electron chi connectivity index (χ2n) is 7.39. The third-order valence-corrected chi connectivity index (χ3v) is 5.40. The standard InChI is InChI=1S/C23H26FN3O3/c1-29-21-9-8-20(17-22(21)30-15-14-25-10-3-2-4-11-25)27-13-12-26(23(27)28)19-7-5-6-18(24)16-19/h5-9,12-13,16-17H,2-4,10-11,14-15H2,1H3. The number of nitrogens with zero attached hydrogens (tertiary/aromatic N) is 3. The molecule has 0 unspecified atom stereocenters. The number of hydrogen-bond donors (Lipinski definition) is 0. The Labute approximate surface area is 175 Å². The maximum absolute atomic E-state index is 13.5. The van der Waals surface area contributed by atoms with Gasteiger partial charge in [0.25, 0.3) is 0 Å². The van der Waals surface area contributed by atoms with Gasteiger partial charge in [-0.1, -0.05) is 12.5 Å². The summed E-state index contributed by atoms with van der Waals surface area (Å²) in [5.41, 5.74) is 0.847. The minimum Gasteiger partial charge on any atom is -0.493 e. The summed E-state index contributed by atoms with van der Waals surface area (Å²) in [6.07, 6.45) is 7.07. The average Bonchev–Trinajstić information content (AvgIpc) is 3.16. The Kier molecular flexibility index (Phi) is 6.18. The van der Waals surface area contributed by atoms with E-state index in [1.165, 1.54) is 40.5 Å². The molecule has 0 amide bonds. The third-order valence-electron chi connectivity index (χ3n) is 5.40. The first-order chi connectivity index (χ1) is 14.7. The van der Waals surface area contributed by atoms with Crippen molar-refractivity contribution in [3.63, 3.8) is 0 Å². The topological polar surface area (TPSA) is 48.6 Å². The highest BCUT2D eigenvalue weighted by Crippen LogP contribution is 2.29. The van der Waals surface area contributed by atoms with Gasteiger partial charge < -0.3 is 9.47 Å². The predicted molar refractivity (Wildman–Crippen MR) is 114 cm³/mol. The molecule has 0 N–H and O–H groups in total. The molecule has 1 aromatic heterocycles. The van der Waals surface area contributed by atoms with Gasteiger partial charge in [0.15, 0.2) is 11.5 Å². The van der Waals surface area contributed by atoms with Crippen LogP contribution in [-0.4, -0.2) is 47.4 Å². The number of halogens is 1. The van der Waals surface area contributed by atoms with E-state index in [1.54, 1.807) is 49.8 Å². The molecule has 0 radical (unpaired) electrons. The number of methoxy groups -OCH3 is 1. The normalized spacial score (nSPS) is 14.6. The molecule has 1 aliphatic heterocycles. The Morgan fingerprint density at radius 1 is 0.933 bits per heavy atom. The molecule has 1 aliphatic rings. The molecule has 0 atom stereocenters. The van der Waals surface area contributed by atoms with Crippen molar-refractivity contribution in [1.29, 1.82) is 0 Å². The minimum absolute atomic E-state index is 0.287. The SMILES string of the molecule is COc1ccc(-n2ccn(-c3cccc(F)c3)c2=O)cc1OCCN1CCCCC1. The molecule has 158 valence electrons. The maximum Gasteiger partial charge on any atom is 0.337 e. The lowest BCUT2D eigenvalue weighted by Crippen LogP contribution is -2.33. The van der Waals surface area contributed by atoms with E-state index in [1.807, 2.05) is 0 Å². The Morgan fingerprint density at radius 3 is 2.37 bits per heavy atom. The van der Waals surface area contributed by atoms with Crippen LogP contribution in [0.15, 0.2) is 59.7 Å². The van der Waals surface area contributed by atoms with E-state index in [-0.39, 0.29) is 11.5 Å². The van der Waals surface area contributed by atoms with Crippen LogP contribution >= 0.6 is 0 Å². The van der Waals surface area contributed by atoms with E-state index in [4.69, 9.17) is 9.47 Å². The number of imidazole rings is 1. The van der Waals surface area contributed by atoms with Crippen molar-refractivity contribution >= 4 is 0 Å². The number of ether oxygens (including phenoxy) is 2. The fourth-order valence-electron chi connectivity index (χ4n) is 3.79. The highest BCUT2D eigenvalue weighted by molar-refractivity contribution is 5.49. The highest BCUT2D eigenvalue weighted by Gasteiger charge is 2.13. The molecular formula is C23H26FN3O3. The van der Waals surface area contributed by atoms with Crippen molar-refractivity contribution in [3.05, 3.63) is 71.2 Å². The molecule has 6 nitrogen and oxygen atoms in total. The van der Waals surface area contributed by atoms with Crippen LogP contribution in [0.1, 0.15) is 19.3 Å². The first kappa shape index (κ1) is 20.2. The number of hydrogen-bond acceptors (Lipinski definition) is 4. The van der Waals surface area contributed by atoms with Crippen molar-refractivity contribution in [1.82, 2.24) is 14.0 Å². The fraction of sp³-hybridized carbons (Fsp3) is 0.348. The molecule has 0 aliphatic carbocycles. The molecular weight excluding hydrogens is 385 g/mol. The number of aromatic nitrogens is 2. The number of piperidine rings is 1. The lowest BCUT2D eigenvalue weighted by molar-refractivity contribution is 0.180. The lowest BCUT2D eigenvalue weighted by Gasteiger charge is -2.26. The second-order valence-corrected chi connectivity index (χ2v) is 7.39. The van der Waals surface area contributed by atoms with Crippen LogP contribution in [0.5, 0.6) is 11.5 Å². The van der Waals surface area contributed by atoms with Crippen molar-refractivity contribution in [2.45, 2.75) is 19.3 Å². The van der Waals surface area contributed by atoms with Crippen LogP contribution in [0, 0.1) is 5.82 Å². The molecule has 1 fully saturated rings. The van der Waals surface area contributed by atoms with Gasteiger partial charge in [0, 0.05) is 25.0 Å². The zero-order valence-electron chi connectivity index (χ0n) is 17.1. The molecule has 1 saturated heterocycles.